The molecule has 3 rings (SSSR count). The lowest BCUT2D eigenvalue weighted by molar-refractivity contribution is 0.274. The second-order valence-corrected chi connectivity index (χ2v) is 6.29. The zero-order valence-electron chi connectivity index (χ0n) is 12.7. The average molecular weight is 274 g/mol. The van der Waals surface area contributed by atoms with Crippen molar-refractivity contribution in [3.05, 3.63) is 22.9 Å². The molecule has 4 nitrogen and oxygen atoms in total. The van der Waals surface area contributed by atoms with Gasteiger partial charge in [-0.1, -0.05) is 0 Å². The van der Waals surface area contributed by atoms with Gasteiger partial charge in [-0.25, -0.2) is 4.98 Å². The molecule has 1 aliphatic carbocycles. The minimum atomic E-state index is 0.508. The van der Waals surface area contributed by atoms with Crippen molar-refractivity contribution < 1.29 is 0 Å². The average Bonchev–Trinajstić information content (AvgIpc) is 2.46. The van der Waals surface area contributed by atoms with Crippen molar-refractivity contribution in [1.82, 2.24) is 9.88 Å². The lowest BCUT2D eigenvalue weighted by Crippen LogP contribution is -2.51. The number of likely N-dealkylation sites (N-methyl/N-ethyl adjacent to an activating group) is 1. The lowest BCUT2D eigenvalue weighted by atomic mass is 9.94. The smallest absolute Gasteiger partial charge is 0.133 e. The number of rotatable bonds is 2. The molecule has 0 radical (unpaired) electrons. The summed E-state index contributed by atoms with van der Waals surface area (Å²) in [5.41, 5.74) is 9.96. The molecule has 0 amide bonds. The molecule has 0 spiro atoms. The lowest BCUT2D eigenvalue weighted by Gasteiger charge is -2.40. The van der Waals surface area contributed by atoms with Crippen LogP contribution in [0.3, 0.4) is 0 Å². The zero-order chi connectivity index (χ0) is 14.1. The minimum absolute atomic E-state index is 0.508. The molecule has 1 saturated heterocycles. The maximum atomic E-state index is 5.99. The van der Waals surface area contributed by atoms with Gasteiger partial charge in [0.1, 0.15) is 5.82 Å². The zero-order valence-corrected chi connectivity index (χ0v) is 12.7. The third kappa shape index (κ3) is 2.54. The van der Waals surface area contributed by atoms with Crippen LogP contribution in [0.15, 0.2) is 6.07 Å². The number of aryl methyl sites for hydroxylation is 2. The van der Waals surface area contributed by atoms with Crippen LogP contribution in [-0.4, -0.2) is 42.6 Å². The van der Waals surface area contributed by atoms with Gasteiger partial charge in [0.15, 0.2) is 0 Å². The van der Waals surface area contributed by atoms with E-state index in [-0.39, 0.29) is 0 Å². The van der Waals surface area contributed by atoms with Crippen molar-refractivity contribution in [2.75, 3.05) is 31.6 Å². The minimum Gasteiger partial charge on any atom is -0.351 e. The van der Waals surface area contributed by atoms with E-state index < -0.39 is 0 Å². The van der Waals surface area contributed by atoms with E-state index >= 15 is 0 Å². The fourth-order valence-corrected chi connectivity index (χ4v) is 3.52. The molecule has 1 atom stereocenters. The van der Waals surface area contributed by atoms with Gasteiger partial charge in [0.05, 0.1) is 0 Å². The molecule has 20 heavy (non-hydrogen) atoms. The van der Waals surface area contributed by atoms with E-state index in [0.717, 1.165) is 31.9 Å². The summed E-state index contributed by atoms with van der Waals surface area (Å²) in [6.45, 7) is 6.14. The fraction of sp³-hybridized carbons (Fsp3) is 0.688. The number of hydrogen-bond acceptors (Lipinski definition) is 4. The van der Waals surface area contributed by atoms with E-state index in [0.29, 0.717) is 12.6 Å². The molecular formula is C16H26N4. The topological polar surface area (TPSA) is 45.4 Å². The van der Waals surface area contributed by atoms with Crippen molar-refractivity contribution >= 4 is 5.82 Å². The Balaban J connectivity index is 1.95. The first kappa shape index (κ1) is 13.8. The van der Waals surface area contributed by atoms with E-state index in [2.05, 4.69) is 29.8 Å². The normalized spacial score (nSPS) is 23.8. The number of pyridine rings is 1. The molecular weight excluding hydrogens is 248 g/mol. The molecule has 1 fully saturated rings. The first-order chi connectivity index (χ1) is 9.69. The molecule has 1 unspecified atom stereocenters. The van der Waals surface area contributed by atoms with E-state index in [4.69, 9.17) is 10.7 Å². The number of aromatic nitrogens is 1. The first-order valence-electron chi connectivity index (χ1n) is 7.86. The molecule has 110 valence electrons. The summed E-state index contributed by atoms with van der Waals surface area (Å²) >= 11 is 0. The molecule has 4 heteroatoms. The summed E-state index contributed by atoms with van der Waals surface area (Å²) in [5.74, 6) is 1.15. The molecule has 0 aromatic carbocycles. The van der Waals surface area contributed by atoms with Crippen molar-refractivity contribution in [3.63, 3.8) is 0 Å². The summed E-state index contributed by atoms with van der Waals surface area (Å²) in [6.07, 6.45) is 4.88. The first-order valence-corrected chi connectivity index (χ1v) is 7.86. The van der Waals surface area contributed by atoms with Crippen LogP contribution in [0.2, 0.25) is 0 Å². The van der Waals surface area contributed by atoms with E-state index in [9.17, 15) is 0 Å². The van der Waals surface area contributed by atoms with Crippen LogP contribution in [-0.2, 0) is 19.4 Å². The van der Waals surface area contributed by atoms with Crippen LogP contribution >= 0.6 is 0 Å². The van der Waals surface area contributed by atoms with Gasteiger partial charge in [-0.05, 0) is 51.3 Å². The monoisotopic (exact) mass is 274 g/mol. The Morgan fingerprint density at radius 3 is 2.85 bits per heavy atom. The highest BCUT2D eigenvalue weighted by molar-refractivity contribution is 5.51. The second kappa shape index (κ2) is 5.70. The van der Waals surface area contributed by atoms with Crippen molar-refractivity contribution in [3.8, 4) is 0 Å². The van der Waals surface area contributed by atoms with Gasteiger partial charge in [-0.2, -0.15) is 0 Å². The summed E-state index contributed by atoms with van der Waals surface area (Å²) in [6, 6.07) is 2.83. The third-order valence-electron chi connectivity index (χ3n) is 4.68. The van der Waals surface area contributed by atoms with Gasteiger partial charge in [-0.3, -0.25) is 0 Å². The Morgan fingerprint density at radius 1 is 1.30 bits per heavy atom. The van der Waals surface area contributed by atoms with Crippen LogP contribution in [0, 0.1) is 0 Å². The number of anilines is 1. The molecule has 2 N–H and O–H groups in total. The second-order valence-electron chi connectivity index (χ2n) is 6.29. The Hall–Kier alpha value is -1.13. The van der Waals surface area contributed by atoms with Gasteiger partial charge < -0.3 is 15.5 Å². The molecule has 0 saturated carbocycles. The molecule has 1 aliphatic heterocycles. The molecule has 2 aliphatic rings. The fourth-order valence-electron chi connectivity index (χ4n) is 3.52. The molecule has 2 heterocycles. The van der Waals surface area contributed by atoms with Crippen LogP contribution in [0.25, 0.3) is 0 Å². The van der Waals surface area contributed by atoms with Crippen LogP contribution in [0.1, 0.15) is 36.6 Å². The highest BCUT2D eigenvalue weighted by atomic mass is 15.3. The highest BCUT2D eigenvalue weighted by Crippen LogP contribution is 2.28. The Labute approximate surface area is 122 Å². The van der Waals surface area contributed by atoms with Crippen LogP contribution in [0.4, 0.5) is 5.82 Å². The number of nitrogens with zero attached hydrogens (tertiary/aromatic N) is 3. The van der Waals surface area contributed by atoms with Gasteiger partial charge in [0.2, 0.25) is 0 Å². The maximum Gasteiger partial charge on any atom is 0.133 e. The predicted octanol–water partition coefficient (Wildman–Crippen LogP) is 1.56. The molecule has 1 aromatic heterocycles. The van der Waals surface area contributed by atoms with Crippen molar-refractivity contribution in [2.45, 2.75) is 45.2 Å². The number of nitrogens with two attached hydrogens (primary N) is 1. The summed E-state index contributed by atoms with van der Waals surface area (Å²) in [7, 11) is 2.19. The third-order valence-corrected chi connectivity index (χ3v) is 4.68. The number of fused-ring (bicyclic) bond motifs is 1. The van der Waals surface area contributed by atoms with Crippen molar-refractivity contribution in [1.29, 1.82) is 0 Å². The maximum absolute atomic E-state index is 5.99. The Kier molecular flexibility index (Phi) is 3.94. The number of hydrogen-bond donors (Lipinski definition) is 1. The van der Waals surface area contributed by atoms with Gasteiger partial charge >= 0.3 is 0 Å². The Bertz CT molecular complexity index is 486. The predicted molar refractivity (Wildman–Crippen MR) is 83.1 cm³/mol. The van der Waals surface area contributed by atoms with Gasteiger partial charge in [-0.15, -0.1) is 0 Å². The largest absolute Gasteiger partial charge is 0.351 e. The SMILES string of the molecule is CC1CN(C)CCN1c1nc2c(cc1CN)CCCC2. The Morgan fingerprint density at radius 2 is 2.10 bits per heavy atom. The van der Waals surface area contributed by atoms with Crippen LogP contribution < -0.4 is 10.6 Å². The summed E-state index contributed by atoms with van der Waals surface area (Å²) in [5, 5.41) is 0. The van der Waals surface area contributed by atoms with Crippen molar-refractivity contribution in [2.24, 2.45) is 5.73 Å². The number of piperazine rings is 1. The summed E-state index contributed by atoms with van der Waals surface area (Å²) < 4.78 is 0. The molecule has 0 bridgehead atoms. The van der Waals surface area contributed by atoms with E-state index in [1.54, 1.807) is 0 Å². The standard InChI is InChI=1S/C16H26N4/c1-12-11-19(2)7-8-20(12)16-14(10-17)9-13-5-3-4-6-15(13)18-16/h9,12H,3-8,10-11,17H2,1-2H3. The van der Waals surface area contributed by atoms with Gasteiger partial charge in [0, 0.05) is 43.5 Å². The van der Waals surface area contributed by atoms with E-state index in [1.807, 2.05) is 0 Å². The van der Waals surface area contributed by atoms with E-state index in [1.165, 1.54) is 36.1 Å². The summed E-state index contributed by atoms with van der Waals surface area (Å²) in [4.78, 5) is 9.86. The molecule has 1 aromatic rings. The quantitative estimate of drug-likeness (QED) is 0.889. The van der Waals surface area contributed by atoms with Crippen LogP contribution in [0.5, 0.6) is 0 Å². The van der Waals surface area contributed by atoms with Gasteiger partial charge in [0.25, 0.3) is 0 Å². The highest BCUT2D eigenvalue weighted by Gasteiger charge is 2.25.